The molecule has 0 unspecified atom stereocenters. The quantitative estimate of drug-likeness (QED) is 0.695. The predicted octanol–water partition coefficient (Wildman–Crippen LogP) is 2.33. The highest BCUT2D eigenvalue weighted by molar-refractivity contribution is 6.31. The Morgan fingerprint density at radius 1 is 1.17 bits per heavy atom. The zero-order chi connectivity index (χ0) is 17.5. The summed E-state index contributed by atoms with van der Waals surface area (Å²) < 4.78 is 0. The van der Waals surface area contributed by atoms with Crippen LogP contribution in [-0.4, -0.2) is 17.0 Å². The lowest BCUT2D eigenvalue weighted by molar-refractivity contribution is -0.121. The van der Waals surface area contributed by atoms with Gasteiger partial charge in [-0.2, -0.15) is 5.90 Å². The van der Waals surface area contributed by atoms with Gasteiger partial charge in [-0.05, 0) is 35.7 Å². The third-order valence-electron chi connectivity index (χ3n) is 3.48. The van der Waals surface area contributed by atoms with E-state index in [1.165, 1.54) is 12.1 Å². The van der Waals surface area contributed by atoms with Crippen LogP contribution in [0.4, 0.5) is 0 Å². The molecule has 2 aromatic rings. The number of nitrogens with one attached hydrogen (secondary N) is 1. The number of phenols is 1. The first-order chi connectivity index (χ1) is 11.5. The van der Waals surface area contributed by atoms with Crippen LogP contribution in [0.5, 0.6) is 5.75 Å². The number of carbonyl (C=O) groups is 2. The number of amides is 1. The average Bonchev–Trinajstić information content (AvgIpc) is 2.58. The molecule has 0 heterocycles. The second-order valence-electron chi connectivity index (χ2n) is 5.11. The molecule has 0 atom stereocenters. The first-order valence-electron chi connectivity index (χ1n) is 7.24. The first-order valence-corrected chi connectivity index (χ1v) is 7.62. The smallest absolute Gasteiger partial charge is 0.356 e. The Kier molecular flexibility index (Phi) is 6.17. The number of halogens is 1. The lowest BCUT2D eigenvalue weighted by Gasteiger charge is -2.09. The van der Waals surface area contributed by atoms with Gasteiger partial charge in [-0.15, -0.1) is 0 Å². The van der Waals surface area contributed by atoms with Crippen LogP contribution in [0, 0.1) is 0 Å². The van der Waals surface area contributed by atoms with Crippen LogP contribution in [0.2, 0.25) is 5.02 Å². The van der Waals surface area contributed by atoms with E-state index in [-0.39, 0.29) is 24.6 Å². The number of hydrogen-bond donors (Lipinski definition) is 3. The van der Waals surface area contributed by atoms with Gasteiger partial charge >= 0.3 is 5.97 Å². The van der Waals surface area contributed by atoms with E-state index in [9.17, 15) is 14.7 Å². The summed E-state index contributed by atoms with van der Waals surface area (Å²) in [4.78, 5) is 27.8. The van der Waals surface area contributed by atoms with Crippen LogP contribution in [0.1, 0.15) is 27.9 Å². The van der Waals surface area contributed by atoms with Gasteiger partial charge in [0.05, 0.1) is 5.56 Å². The molecule has 1 amide bonds. The molecule has 0 aliphatic carbocycles. The van der Waals surface area contributed by atoms with Crippen molar-refractivity contribution in [2.24, 2.45) is 5.90 Å². The van der Waals surface area contributed by atoms with Gasteiger partial charge in [-0.1, -0.05) is 35.9 Å². The maximum Gasteiger partial charge on any atom is 0.356 e. The minimum absolute atomic E-state index is 0.0802. The fourth-order valence-electron chi connectivity index (χ4n) is 2.21. The van der Waals surface area contributed by atoms with E-state index in [2.05, 4.69) is 10.2 Å². The van der Waals surface area contributed by atoms with Crippen molar-refractivity contribution in [1.82, 2.24) is 5.32 Å². The Hall–Kier alpha value is -2.57. The molecule has 2 rings (SSSR count). The molecule has 0 bridgehead atoms. The Bertz CT molecular complexity index is 749. The Morgan fingerprint density at radius 3 is 2.62 bits per heavy atom. The minimum atomic E-state index is -0.657. The lowest BCUT2D eigenvalue weighted by Crippen LogP contribution is -2.24. The highest BCUT2D eigenvalue weighted by Crippen LogP contribution is 2.22. The van der Waals surface area contributed by atoms with Crippen LogP contribution in [0.3, 0.4) is 0 Å². The molecule has 0 radical (unpaired) electrons. The normalized spacial score (nSPS) is 10.2. The van der Waals surface area contributed by atoms with Crippen LogP contribution in [0.25, 0.3) is 0 Å². The van der Waals surface area contributed by atoms with E-state index < -0.39 is 5.97 Å². The van der Waals surface area contributed by atoms with Crippen molar-refractivity contribution >= 4 is 23.5 Å². The first kappa shape index (κ1) is 17.8. The molecule has 2 aromatic carbocycles. The zero-order valence-electron chi connectivity index (χ0n) is 12.8. The van der Waals surface area contributed by atoms with Crippen molar-refractivity contribution in [3.63, 3.8) is 0 Å². The summed E-state index contributed by atoms with van der Waals surface area (Å²) >= 11 is 6.00. The van der Waals surface area contributed by atoms with E-state index in [1.807, 2.05) is 0 Å². The summed E-state index contributed by atoms with van der Waals surface area (Å²) in [6.07, 6.45) is 0.672. The topological polar surface area (TPSA) is 102 Å². The molecular formula is C17H17ClN2O4. The highest BCUT2D eigenvalue weighted by atomic mass is 35.5. The number of rotatable bonds is 6. The third kappa shape index (κ3) is 4.71. The standard InChI is InChI=1S/C17H17ClN2O4/c18-15-9-13(21)7-5-11(15)6-8-16(22)20-10-12-3-1-2-4-14(12)17(23)24-19/h1-5,7,9,21H,6,8,10,19H2,(H,20,22). The number of benzene rings is 2. The van der Waals surface area contributed by atoms with Crippen LogP contribution < -0.4 is 11.2 Å². The summed E-state index contributed by atoms with van der Waals surface area (Å²) in [5.41, 5.74) is 1.70. The van der Waals surface area contributed by atoms with Crippen molar-refractivity contribution in [3.8, 4) is 5.75 Å². The molecule has 0 fully saturated rings. The SMILES string of the molecule is NOC(=O)c1ccccc1CNC(=O)CCc1ccc(O)cc1Cl. The summed E-state index contributed by atoms with van der Waals surface area (Å²) in [5.74, 6) is 4.14. The van der Waals surface area contributed by atoms with E-state index in [0.717, 1.165) is 5.56 Å². The molecular weight excluding hydrogens is 332 g/mol. The molecule has 6 nitrogen and oxygen atoms in total. The number of aromatic hydroxyl groups is 1. The maximum absolute atomic E-state index is 12.0. The molecule has 126 valence electrons. The van der Waals surface area contributed by atoms with Crippen molar-refractivity contribution in [2.75, 3.05) is 0 Å². The van der Waals surface area contributed by atoms with E-state index in [0.29, 0.717) is 22.6 Å². The van der Waals surface area contributed by atoms with Gasteiger partial charge in [0.1, 0.15) is 5.75 Å². The van der Waals surface area contributed by atoms with Crippen LogP contribution in [0.15, 0.2) is 42.5 Å². The van der Waals surface area contributed by atoms with Crippen molar-refractivity contribution < 1.29 is 19.5 Å². The molecule has 0 aliphatic rings. The second kappa shape index (κ2) is 8.33. The predicted molar refractivity (Wildman–Crippen MR) is 89.3 cm³/mol. The van der Waals surface area contributed by atoms with Crippen LogP contribution >= 0.6 is 11.6 Å². The van der Waals surface area contributed by atoms with Crippen molar-refractivity contribution in [3.05, 3.63) is 64.2 Å². The Balaban J connectivity index is 1.91. The van der Waals surface area contributed by atoms with Gasteiger partial charge in [0.15, 0.2) is 0 Å². The molecule has 0 spiro atoms. The molecule has 0 saturated heterocycles. The second-order valence-corrected chi connectivity index (χ2v) is 5.52. The van der Waals surface area contributed by atoms with E-state index >= 15 is 0 Å². The van der Waals surface area contributed by atoms with Gasteiger partial charge in [-0.25, -0.2) is 4.79 Å². The third-order valence-corrected chi connectivity index (χ3v) is 3.83. The largest absolute Gasteiger partial charge is 0.508 e. The Labute approximate surface area is 144 Å². The van der Waals surface area contributed by atoms with Gasteiger partial charge < -0.3 is 15.3 Å². The molecule has 24 heavy (non-hydrogen) atoms. The van der Waals surface area contributed by atoms with E-state index in [4.69, 9.17) is 17.5 Å². The number of aryl methyl sites for hydroxylation is 1. The number of carbonyl (C=O) groups excluding carboxylic acids is 2. The van der Waals surface area contributed by atoms with Crippen molar-refractivity contribution in [2.45, 2.75) is 19.4 Å². The van der Waals surface area contributed by atoms with Gasteiger partial charge in [-0.3, -0.25) is 4.79 Å². The van der Waals surface area contributed by atoms with Gasteiger partial charge in [0.2, 0.25) is 5.91 Å². The number of phenolic OH excluding ortho intramolecular Hbond substituents is 1. The molecule has 7 heteroatoms. The summed E-state index contributed by atoms with van der Waals surface area (Å²) in [7, 11) is 0. The summed E-state index contributed by atoms with van der Waals surface area (Å²) in [6, 6.07) is 11.4. The van der Waals surface area contributed by atoms with Gasteiger partial charge in [0, 0.05) is 18.0 Å². The van der Waals surface area contributed by atoms with Gasteiger partial charge in [0.25, 0.3) is 0 Å². The number of nitrogens with two attached hydrogens (primary N) is 1. The number of hydrogen-bond acceptors (Lipinski definition) is 5. The summed E-state index contributed by atoms with van der Waals surface area (Å²) in [6.45, 7) is 0.188. The highest BCUT2D eigenvalue weighted by Gasteiger charge is 2.12. The summed E-state index contributed by atoms with van der Waals surface area (Å²) in [5, 5.41) is 12.5. The molecule has 0 aromatic heterocycles. The fraction of sp³-hybridized carbons (Fsp3) is 0.176. The van der Waals surface area contributed by atoms with Crippen molar-refractivity contribution in [1.29, 1.82) is 0 Å². The fourth-order valence-corrected chi connectivity index (χ4v) is 2.48. The minimum Gasteiger partial charge on any atom is -0.508 e. The average molecular weight is 349 g/mol. The zero-order valence-corrected chi connectivity index (χ0v) is 13.5. The molecule has 0 aliphatic heterocycles. The molecule has 4 N–H and O–H groups in total. The maximum atomic E-state index is 12.0. The van der Waals surface area contributed by atoms with Crippen LogP contribution in [-0.2, 0) is 22.6 Å². The Morgan fingerprint density at radius 2 is 1.92 bits per heavy atom. The monoisotopic (exact) mass is 348 g/mol. The van der Waals surface area contributed by atoms with E-state index in [1.54, 1.807) is 30.3 Å². The lowest BCUT2D eigenvalue weighted by atomic mass is 10.1. The molecule has 0 saturated carbocycles.